The van der Waals surface area contributed by atoms with Crippen molar-refractivity contribution in [3.8, 4) is 0 Å². The number of esters is 2. The lowest BCUT2D eigenvalue weighted by molar-refractivity contribution is -0.145. The molecule has 2 atom stereocenters. The second kappa shape index (κ2) is 18.2. The van der Waals surface area contributed by atoms with Gasteiger partial charge in [-0.3, -0.25) is 9.59 Å². The number of rotatable bonds is 19. The largest absolute Gasteiger partial charge is 0.466 e. The maximum absolute atomic E-state index is 11.9. The van der Waals surface area contributed by atoms with E-state index in [0.29, 0.717) is 48.7 Å². The van der Waals surface area contributed by atoms with Gasteiger partial charge in [-0.15, -0.1) is 0 Å². The van der Waals surface area contributed by atoms with Gasteiger partial charge in [-0.05, 0) is 61.2 Å². The highest BCUT2D eigenvalue weighted by Gasteiger charge is 2.16. The van der Waals surface area contributed by atoms with Crippen molar-refractivity contribution in [2.75, 3.05) is 13.2 Å². The van der Waals surface area contributed by atoms with Crippen molar-refractivity contribution < 1.29 is 19.1 Å². The number of carbonyl (C=O) groups excluding carboxylic acids is 2. The van der Waals surface area contributed by atoms with Crippen LogP contribution >= 0.6 is 0 Å². The Morgan fingerprint density at radius 2 is 0.853 bits per heavy atom. The molecule has 0 radical (unpaired) electrons. The van der Waals surface area contributed by atoms with E-state index in [1.54, 1.807) is 0 Å². The summed E-state index contributed by atoms with van der Waals surface area (Å²) < 4.78 is 10.8. The Bertz CT molecular complexity index is 479. The number of hydrogen-bond donors (Lipinski definition) is 0. The molecule has 0 bridgehead atoms. The average Bonchev–Trinajstić information content (AvgIpc) is 2.66. The summed E-state index contributed by atoms with van der Waals surface area (Å²) in [5.74, 6) is 1.09. The highest BCUT2D eigenvalue weighted by atomic mass is 16.5. The summed E-state index contributed by atoms with van der Waals surface area (Å²) in [6.45, 7) is 19.1. The fraction of sp³-hybridized carbons (Fsp3) is 0.933. The van der Waals surface area contributed by atoms with E-state index in [0.717, 1.165) is 51.4 Å². The van der Waals surface area contributed by atoms with Gasteiger partial charge in [0.15, 0.2) is 0 Å². The highest BCUT2D eigenvalue weighted by molar-refractivity contribution is 5.69. The molecule has 0 aromatic carbocycles. The molecule has 0 amide bonds. The zero-order valence-corrected chi connectivity index (χ0v) is 24.1. The molecule has 0 N–H and O–H groups in total. The summed E-state index contributed by atoms with van der Waals surface area (Å²) in [5.41, 5.74) is 0.666. The first-order valence-electron chi connectivity index (χ1n) is 14.1. The van der Waals surface area contributed by atoms with Crippen molar-refractivity contribution in [3.63, 3.8) is 0 Å². The monoisotopic (exact) mass is 482 g/mol. The molecule has 4 heteroatoms. The molecule has 34 heavy (non-hydrogen) atoms. The summed E-state index contributed by atoms with van der Waals surface area (Å²) in [4.78, 5) is 23.7. The molecule has 0 heterocycles. The predicted octanol–water partition coefficient (Wildman–Crippen LogP) is 8.90. The van der Waals surface area contributed by atoms with E-state index in [-0.39, 0.29) is 11.9 Å². The minimum atomic E-state index is -0.0431. The number of carbonyl (C=O) groups is 2. The van der Waals surface area contributed by atoms with Crippen molar-refractivity contribution in [2.45, 2.75) is 145 Å². The van der Waals surface area contributed by atoms with Gasteiger partial charge in [0.1, 0.15) is 0 Å². The minimum Gasteiger partial charge on any atom is -0.466 e. The topological polar surface area (TPSA) is 52.6 Å². The Kier molecular flexibility index (Phi) is 17.7. The lowest BCUT2D eigenvalue weighted by Gasteiger charge is -2.23. The van der Waals surface area contributed by atoms with Gasteiger partial charge in [-0.2, -0.15) is 0 Å². The molecule has 4 nitrogen and oxygen atoms in total. The lowest BCUT2D eigenvalue weighted by Crippen LogP contribution is -2.14. The SMILES string of the molecule is CC(CCOC(=O)CCCCCCCCCCC(=O)OCCC(C)CC(C)(C)C)CC(C)(C)C. The van der Waals surface area contributed by atoms with Gasteiger partial charge in [0.05, 0.1) is 13.2 Å². The zero-order chi connectivity index (χ0) is 26.0. The van der Waals surface area contributed by atoms with Crippen LogP contribution in [0.2, 0.25) is 0 Å². The van der Waals surface area contributed by atoms with Gasteiger partial charge >= 0.3 is 11.9 Å². The first kappa shape index (κ1) is 32.9. The van der Waals surface area contributed by atoms with Crippen LogP contribution in [-0.4, -0.2) is 25.2 Å². The van der Waals surface area contributed by atoms with Crippen LogP contribution in [0.3, 0.4) is 0 Å². The van der Waals surface area contributed by atoms with Gasteiger partial charge in [-0.25, -0.2) is 0 Å². The standard InChI is InChI=1S/C30H58O4/c1-25(23-29(3,4)5)19-21-33-27(31)17-15-13-11-9-10-12-14-16-18-28(32)34-22-20-26(2)24-30(6,7)8/h25-26H,9-24H2,1-8H3. The van der Waals surface area contributed by atoms with Crippen molar-refractivity contribution in [1.29, 1.82) is 0 Å². The predicted molar refractivity (Wildman–Crippen MR) is 144 cm³/mol. The molecule has 0 saturated carbocycles. The maximum Gasteiger partial charge on any atom is 0.305 e. The van der Waals surface area contributed by atoms with Crippen LogP contribution in [0.5, 0.6) is 0 Å². The van der Waals surface area contributed by atoms with Gasteiger partial charge in [0.25, 0.3) is 0 Å². The molecule has 0 aliphatic heterocycles. The van der Waals surface area contributed by atoms with Crippen LogP contribution < -0.4 is 0 Å². The molecule has 0 aliphatic carbocycles. The van der Waals surface area contributed by atoms with E-state index in [4.69, 9.17) is 9.47 Å². The Morgan fingerprint density at radius 1 is 0.559 bits per heavy atom. The van der Waals surface area contributed by atoms with E-state index in [9.17, 15) is 9.59 Å². The second-order valence-corrected chi connectivity index (χ2v) is 13.1. The van der Waals surface area contributed by atoms with Crippen LogP contribution in [-0.2, 0) is 19.1 Å². The van der Waals surface area contributed by atoms with Gasteiger partial charge < -0.3 is 9.47 Å². The molecule has 0 aliphatic rings. The van der Waals surface area contributed by atoms with Crippen LogP contribution in [0.4, 0.5) is 0 Å². The van der Waals surface area contributed by atoms with E-state index in [2.05, 4.69) is 55.4 Å². The maximum atomic E-state index is 11.9. The summed E-state index contributed by atoms with van der Waals surface area (Å²) in [7, 11) is 0. The third-order valence-corrected chi connectivity index (χ3v) is 6.18. The average molecular weight is 483 g/mol. The normalized spacial score (nSPS) is 14.0. The molecule has 202 valence electrons. The number of unbranched alkanes of at least 4 members (excludes halogenated alkanes) is 7. The fourth-order valence-corrected chi connectivity index (χ4v) is 4.79. The summed E-state index contributed by atoms with van der Waals surface area (Å²) in [5, 5.41) is 0. The fourth-order valence-electron chi connectivity index (χ4n) is 4.79. The molecular formula is C30H58O4. The summed E-state index contributed by atoms with van der Waals surface area (Å²) in [6.07, 6.45) is 14.1. The van der Waals surface area contributed by atoms with Crippen LogP contribution in [0, 0.1) is 22.7 Å². The van der Waals surface area contributed by atoms with Gasteiger partial charge in [0.2, 0.25) is 0 Å². The molecule has 0 fully saturated rings. The quantitative estimate of drug-likeness (QED) is 0.136. The molecular weight excluding hydrogens is 424 g/mol. The zero-order valence-electron chi connectivity index (χ0n) is 24.1. The second-order valence-electron chi connectivity index (χ2n) is 13.1. The van der Waals surface area contributed by atoms with Gasteiger partial charge in [0, 0.05) is 12.8 Å². The smallest absolute Gasteiger partial charge is 0.305 e. The lowest BCUT2D eigenvalue weighted by atomic mass is 9.84. The third kappa shape index (κ3) is 24.1. The Labute approximate surface area is 212 Å². The van der Waals surface area contributed by atoms with Crippen molar-refractivity contribution in [3.05, 3.63) is 0 Å². The molecule has 0 rings (SSSR count). The van der Waals surface area contributed by atoms with E-state index >= 15 is 0 Å². The van der Waals surface area contributed by atoms with Crippen molar-refractivity contribution in [1.82, 2.24) is 0 Å². The minimum absolute atomic E-state index is 0.0431. The number of hydrogen-bond acceptors (Lipinski definition) is 4. The molecule has 0 aromatic heterocycles. The van der Waals surface area contributed by atoms with Crippen molar-refractivity contribution in [2.24, 2.45) is 22.7 Å². The molecule has 0 aromatic rings. The summed E-state index contributed by atoms with van der Waals surface area (Å²) >= 11 is 0. The first-order valence-corrected chi connectivity index (χ1v) is 14.1. The van der Waals surface area contributed by atoms with Gasteiger partial charge in [-0.1, -0.05) is 93.9 Å². The summed E-state index contributed by atoms with van der Waals surface area (Å²) in [6, 6.07) is 0. The van der Waals surface area contributed by atoms with E-state index in [1.165, 1.54) is 25.7 Å². The van der Waals surface area contributed by atoms with E-state index < -0.39 is 0 Å². The van der Waals surface area contributed by atoms with E-state index in [1.807, 2.05) is 0 Å². The Morgan fingerprint density at radius 3 is 1.15 bits per heavy atom. The van der Waals surface area contributed by atoms with Crippen molar-refractivity contribution >= 4 is 11.9 Å². The molecule has 2 unspecified atom stereocenters. The Balaban J connectivity index is 3.47. The third-order valence-electron chi connectivity index (χ3n) is 6.18. The molecule has 0 saturated heterocycles. The van der Waals surface area contributed by atoms with Crippen LogP contribution in [0.15, 0.2) is 0 Å². The van der Waals surface area contributed by atoms with Crippen LogP contribution in [0.25, 0.3) is 0 Å². The molecule has 0 spiro atoms. The first-order chi connectivity index (χ1) is 15.8. The van der Waals surface area contributed by atoms with Crippen LogP contribution in [0.1, 0.15) is 145 Å². The number of ether oxygens (including phenoxy) is 2. The highest BCUT2D eigenvalue weighted by Crippen LogP contribution is 2.26. The Hall–Kier alpha value is -1.06.